The maximum Gasteiger partial charge on any atom is 0.267 e. The smallest absolute Gasteiger partial charge is 0.267 e. The normalized spacial score (nSPS) is 13.3. The summed E-state index contributed by atoms with van der Waals surface area (Å²) in [4.78, 5) is 32.1. The second-order valence-electron chi connectivity index (χ2n) is 5.92. The number of nitrogens with zero attached hydrogens (tertiary/aromatic N) is 2. The summed E-state index contributed by atoms with van der Waals surface area (Å²) in [5.74, 6) is -2.31. The molecule has 1 aliphatic rings. The van der Waals surface area contributed by atoms with Gasteiger partial charge in [-0.25, -0.2) is 13.8 Å². The maximum atomic E-state index is 13.9. The van der Waals surface area contributed by atoms with E-state index in [-0.39, 0.29) is 18.0 Å². The SMILES string of the molecule is O=C(Nc1nc2c(s1)CN(C(=O)c1ccc(F)cc1F)CC2)c1cccs1. The van der Waals surface area contributed by atoms with Crippen LogP contribution in [0.2, 0.25) is 0 Å². The molecule has 4 rings (SSSR count). The standard InChI is InChI=1S/C18H13F2N3O2S2/c19-10-3-4-11(12(20)8-10)17(25)23-6-5-13-15(9-23)27-18(21-13)22-16(24)14-2-1-7-26-14/h1-4,7-8H,5-6,9H2,(H,21,22,24). The van der Waals surface area contributed by atoms with E-state index in [4.69, 9.17) is 0 Å². The first-order valence-corrected chi connectivity index (χ1v) is 9.78. The van der Waals surface area contributed by atoms with Crippen LogP contribution in [0.25, 0.3) is 0 Å². The van der Waals surface area contributed by atoms with E-state index in [1.165, 1.54) is 27.6 Å². The van der Waals surface area contributed by atoms with Gasteiger partial charge in [-0.2, -0.15) is 0 Å². The fraction of sp³-hybridized carbons (Fsp3) is 0.167. The van der Waals surface area contributed by atoms with Crippen molar-refractivity contribution in [2.45, 2.75) is 13.0 Å². The molecule has 1 aromatic carbocycles. The Hall–Kier alpha value is -2.65. The van der Waals surface area contributed by atoms with E-state index in [2.05, 4.69) is 10.3 Å². The zero-order valence-electron chi connectivity index (χ0n) is 13.9. The molecule has 1 N–H and O–H groups in total. The fourth-order valence-electron chi connectivity index (χ4n) is 2.82. The third-order valence-corrected chi connectivity index (χ3v) is 6.01. The van der Waals surface area contributed by atoms with Gasteiger partial charge in [0.15, 0.2) is 5.13 Å². The van der Waals surface area contributed by atoms with E-state index >= 15 is 0 Å². The molecule has 138 valence electrons. The molecule has 0 radical (unpaired) electrons. The lowest BCUT2D eigenvalue weighted by molar-refractivity contribution is 0.0731. The van der Waals surface area contributed by atoms with Gasteiger partial charge in [0.25, 0.3) is 11.8 Å². The number of thiophene rings is 1. The zero-order chi connectivity index (χ0) is 19.0. The van der Waals surface area contributed by atoms with Gasteiger partial charge in [-0.3, -0.25) is 14.9 Å². The summed E-state index contributed by atoms with van der Waals surface area (Å²) in [5, 5.41) is 5.06. The van der Waals surface area contributed by atoms with Crippen LogP contribution >= 0.6 is 22.7 Å². The number of anilines is 1. The van der Waals surface area contributed by atoms with Crippen molar-refractivity contribution < 1.29 is 18.4 Å². The molecule has 9 heteroatoms. The molecule has 3 heterocycles. The molecule has 27 heavy (non-hydrogen) atoms. The largest absolute Gasteiger partial charge is 0.333 e. The van der Waals surface area contributed by atoms with Crippen molar-refractivity contribution in [3.05, 3.63) is 68.4 Å². The topological polar surface area (TPSA) is 62.3 Å². The lowest BCUT2D eigenvalue weighted by Gasteiger charge is -2.26. The third-order valence-electron chi connectivity index (χ3n) is 4.15. The summed E-state index contributed by atoms with van der Waals surface area (Å²) in [7, 11) is 0. The van der Waals surface area contributed by atoms with E-state index < -0.39 is 17.5 Å². The highest BCUT2D eigenvalue weighted by Gasteiger charge is 2.27. The Morgan fingerprint density at radius 2 is 2.07 bits per heavy atom. The maximum absolute atomic E-state index is 13.9. The molecule has 3 aromatic rings. The van der Waals surface area contributed by atoms with Crippen LogP contribution in [-0.2, 0) is 13.0 Å². The minimum absolute atomic E-state index is 0.157. The Kier molecular flexibility index (Phi) is 4.71. The van der Waals surface area contributed by atoms with Crippen molar-refractivity contribution in [3.8, 4) is 0 Å². The lowest BCUT2D eigenvalue weighted by atomic mass is 10.1. The number of amides is 2. The molecular weight excluding hydrogens is 392 g/mol. The fourth-order valence-corrected chi connectivity index (χ4v) is 4.46. The molecule has 2 aromatic heterocycles. The Balaban J connectivity index is 1.49. The quantitative estimate of drug-likeness (QED) is 0.718. The number of carbonyl (C=O) groups is 2. The van der Waals surface area contributed by atoms with Gasteiger partial charge in [0.2, 0.25) is 0 Å². The highest BCUT2D eigenvalue weighted by Crippen LogP contribution is 2.30. The Bertz CT molecular complexity index is 1020. The summed E-state index contributed by atoms with van der Waals surface area (Å²) >= 11 is 2.64. The van der Waals surface area contributed by atoms with Gasteiger partial charge >= 0.3 is 0 Å². The molecule has 0 fully saturated rings. The minimum Gasteiger partial charge on any atom is -0.333 e. The Labute approximate surface area is 161 Å². The summed E-state index contributed by atoms with van der Waals surface area (Å²) in [6.07, 6.45) is 0.509. The van der Waals surface area contributed by atoms with Crippen LogP contribution in [0.5, 0.6) is 0 Å². The molecule has 0 atom stereocenters. The Morgan fingerprint density at radius 3 is 2.81 bits per heavy atom. The number of nitrogens with one attached hydrogen (secondary N) is 1. The zero-order valence-corrected chi connectivity index (χ0v) is 15.5. The van der Waals surface area contributed by atoms with Crippen LogP contribution in [0.1, 0.15) is 30.6 Å². The number of rotatable bonds is 3. The average Bonchev–Trinajstić information content (AvgIpc) is 3.30. The van der Waals surface area contributed by atoms with Crippen molar-refractivity contribution in [3.63, 3.8) is 0 Å². The number of thiazole rings is 1. The third kappa shape index (κ3) is 3.60. The van der Waals surface area contributed by atoms with E-state index in [1.807, 2.05) is 5.38 Å². The van der Waals surface area contributed by atoms with Gasteiger partial charge in [0.1, 0.15) is 11.6 Å². The highest BCUT2D eigenvalue weighted by atomic mass is 32.1. The van der Waals surface area contributed by atoms with Crippen molar-refractivity contribution in [2.24, 2.45) is 0 Å². The average molecular weight is 405 g/mol. The summed E-state index contributed by atoms with van der Waals surface area (Å²) in [5.41, 5.74) is 0.667. The van der Waals surface area contributed by atoms with E-state index in [0.717, 1.165) is 22.7 Å². The summed E-state index contributed by atoms with van der Waals surface area (Å²) < 4.78 is 26.9. The second-order valence-corrected chi connectivity index (χ2v) is 7.95. The van der Waals surface area contributed by atoms with Crippen LogP contribution in [0, 0.1) is 11.6 Å². The number of halogens is 2. The molecular formula is C18H13F2N3O2S2. The monoisotopic (exact) mass is 405 g/mol. The van der Waals surface area contributed by atoms with Gasteiger partial charge < -0.3 is 4.90 Å². The van der Waals surface area contributed by atoms with Crippen LogP contribution in [0.3, 0.4) is 0 Å². The van der Waals surface area contributed by atoms with Gasteiger partial charge in [-0.05, 0) is 23.6 Å². The number of hydrogen-bond acceptors (Lipinski definition) is 5. The molecule has 0 unspecified atom stereocenters. The van der Waals surface area contributed by atoms with Crippen LogP contribution < -0.4 is 5.32 Å². The molecule has 0 bridgehead atoms. The summed E-state index contributed by atoms with van der Waals surface area (Å²) in [6, 6.07) is 6.45. The first kappa shape index (κ1) is 17.7. The van der Waals surface area contributed by atoms with Crippen LogP contribution in [-0.4, -0.2) is 28.2 Å². The van der Waals surface area contributed by atoms with Crippen LogP contribution in [0.15, 0.2) is 35.7 Å². The van der Waals surface area contributed by atoms with Crippen molar-refractivity contribution in [1.82, 2.24) is 9.88 Å². The molecule has 0 saturated carbocycles. The molecule has 0 saturated heterocycles. The molecule has 2 amide bonds. The first-order valence-electron chi connectivity index (χ1n) is 8.09. The number of carbonyl (C=O) groups excluding carboxylic acids is 2. The van der Waals surface area contributed by atoms with E-state index in [1.54, 1.807) is 12.1 Å². The summed E-state index contributed by atoms with van der Waals surface area (Å²) in [6.45, 7) is 0.655. The number of hydrogen-bond donors (Lipinski definition) is 1. The predicted octanol–water partition coefficient (Wildman–Crippen LogP) is 3.93. The van der Waals surface area contributed by atoms with Crippen molar-refractivity contribution >= 4 is 39.6 Å². The van der Waals surface area contributed by atoms with Gasteiger partial charge in [0, 0.05) is 23.9 Å². The number of fused-ring (bicyclic) bond motifs is 1. The molecule has 5 nitrogen and oxygen atoms in total. The van der Waals surface area contributed by atoms with E-state index in [9.17, 15) is 18.4 Å². The van der Waals surface area contributed by atoms with Crippen molar-refractivity contribution in [1.29, 1.82) is 0 Å². The molecule has 1 aliphatic heterocycles. The molecule has 0 spiro atoms. The second kappa shape index (κ2) is 7.16. The van der Waals surface area contributed by atoms with Gasteiger partial charge in [-0.1, -0.05) is 17.4 Å². The van der Waals surface area contributed by atoms with Gasteiger partial charge in [0.05, 0.1) is 22.7 Å². The first-order chi connectivity index (χ1) is 13.0. The van der Waals surface area contributed by atoms with Crippen LogP contribution in [0.4, 0.5) is 13.9 Å². The highest BCUT2D eigenvalue weighted by molar-refractivity contribution is 7.16. The number of benzene rings is 1. The van der Waals surface area contributed by atoms with E-state index in [0.29, 0.717) is 29.0 Å². The number of aromatic nitrogens is 1. The lowest BCUT2D eigenvalue weighted by Crippen LogP contribution is -2.36. The van der Waals surface area contributed by atoms with Gasteiger partial charge in [-0.15, -0.1) is 11.3 Å². The predicted molar refractivity (Wildman–Crippen MR) is 99.2 cm³/mol. The molecule has 0 aliphatic carbocycles. The minimum atomic E-state index is -0.876. The van der Waals surface area contributed by atoms with Crippen molar-refractivity contribution in [2.75, 3.05) is 11.9 Å². The Morgan fingerprint density at radius 1 is 1.22 bits per heavy atom.